The van der Waals surface area contributed by atoms with Crippen LogP contribution in [0.15, 0.2) is 41.0 Å². The Labute approximate surface area is 191 Å². The van der Waals surface area contributed by atoms with Crippen molar-refractivity contribution in [3.63, 3.8) is 0 Å². The number of carbonyl (C=O) groups is 2. The van der Waals surface area contributed by atoms with Crippen LogP contribution in [-0.4, -0.2) is 71.0 Å². The average molecular weight is 447 g/mol. The predicted molar refractivity (Wildman–Crippen MR) is 127 cm³/mol. The molecule has 1 aromatic rings. The van der Waals surface area contributed by atoms with Gasteiger partial charge in [0, 0.05) is 37.4 Å². The summed E-state index contributed by atoms with van der Waals surface area (Å²) in [5, 5.41) is 0.652. The first kappa shape index (κ1) is 24.9. The van der Waals surface area contributed by atoms with Crippen molar-refractivity contribution in [3.05, 3.63) is 46.6 Å². The molecule has 0 bridgehead atoms. The number of halogens is 1. The molecule has 2 fully saturated rings. The van der Waals surface area contributed by atoms with E-state index in [0.717, 1.165) is 11.3 Å². The fraction of sp³-hybridized carbons (Fsp3) is 0.542. The van der Waals surface area contributed by atoms with Crippen molar-refractivity contribution in [1.29, 1.82) is 0 Å². The van der Waals surface area contributed by atoms with E-state index in [0.29, 0.717) is 31.1 Å². The second kappa shape index (κ2) is 10.8. The lowest BCUT2D eigenvalue weighted by atomic mass is 9.89. The molecule has 6 nitrogen and oxygen atoms in total. The van der Waals surface area contributed by atoms with Crippen molar-refractivity contribution >= 4 is 29.6 Å². The van der Waals surface area contributed by atoms with Gasteiger partial charge in [0.05, 0.1) is 12.2 Å². The topological polar surface area (TPSA) is 56.2 Å². The summed E-state index contributed by atoms with van der Waals surface area (Å²) in [5.74, 6) is 0.0220. The number of carbonyl (C=O) groups excluding carboxylic acids is 2. The molecule has 0 unspecified atom stereocenters. The largest absolute Gasteiger partial charge is 0.368 e. The van der Waals surface area contributed by atoms with E-state index in [1.807, 2.05) is 65.0 Å². The number of nitrogens with zero attached hydrogens (tertiary/aromatic N) is 4. The molecule has 0 N–H and O–H groups in total. The maximum absolute atomic E-state index is 13.6. The molecule has 3 rings (SSSR count). The first-order chi connectivity index (χ1) is 14.8. The minimum absolute atomic E-state index is 0.0127. The van der Waals surface area contributed by atoms with Gasteiger partial charge in [-0.15, -0.1) is 0 Å². The van der Waals surface area contributed by atoms with Crippen molar-refractivity contribution in [3.8, 4) is 0 Å². The van der Waals surface area contributed by atoms with E-state index in [9.17, 15) is 9.59 Å². The molecule has 31 heavy (non-hydrogen) atoms. The molecule has 1 spiro atoms. The van der Waals surface area contributed by atoms with Gasteiger partial charge in [0.2, 0.25) is 5.91 Å². The van der Waals surface area contributed by atoms with Gasteiger partial charge < -0.3 is 14.7 Å². The molecule has 2 aliphatic rings. The van der Waals surface area contributed by atoms with Gasteiger partial charge >= 0.3 is 0 Å². The van der Waals surface area contributed by atoms with E-state index in [1.54, 1.807) is 23.1 Å². The second-order valence-electron chi connectivity index (χ2n) is 7.94. The Morgan fingerprint density at radius 2 is 1.87 bits per heavy atom. The lowest BCUT2D eigenvalue weighted by Crippen LogP contribution is -2.69. The molecule has 1 atom stereocenters. The van der Waals surface area contributed by atoms with Crippen LogP contribution >= 0.6 is 11.6 Å². The zero-order valence-electron chi connectivity index (χ0n) is 19.6. The van der Waals surface area contributed by atoms with E-state index >= 15 is 0 Å². The Hall–Kier alpha value is -2.34. The Kier molecular flexibility index (Phi) is 8.69. The number of hydrogen-bond acceptors (Lipinski definition) is 4. The van der Waals surface area contributed by atoms with E-state index in [2.05, 4.69) is 9.89 Å². The summed E-state index contributed by atoms with van der Waals surface area (Å²) in [6.07, 6.45) is 4.39. The molecule has 7 heteroatoms. The van der Waals surface area contributed by atoms with Crippen molar-refractivity contribution in [2.24, 2.45) is 4.99 Å². The fourth-order valence-corrected chi connectivity index (χ4v) is 4.36. The first-order valence-corrected chi connectivity index (χ1v) is 11.4. The molecule has 2 saturated heterocycles. The molecule has 0 aliphatic carbocycles. The summed E-state index contributed by atoms with van der Waals surface area (Å²) in [6, 6.07) is 7.44. The van der Waals surface area contributed by atoms with E-state index in [-0.39, 0.29) is 24.4 Å². The van der Waals surface area contributed by atoms with Crippen molar-refractivity contribution in [2.45, 2.75) is 59.2 Å². The third kappa shape index (κ3) is 5.12. The number of amides is 2. The van der Waals surface area contributed by atoms with Gasteiger partial charge in [0.15, 0.2) is 0 Å². The summed E-state index contributed by atoms with van der Waals surface area (Å²) in [5.41, 5.74) is 1.07. The van der Waals surface area contributed by atoms with Crippen LogP contribution in [0.5, 0.6) is 0 Å². The normalized spacial score (nSPS) is 22.1. The lowest BCUT2D eigenvalue weighted by Gasteiger charge is -2.48. The lowest BCUT2D eigenvalue weighted by molar-refractivity contribution is -0.166. The number of allylic oxidation sites excluding steroid dienone is 2. The highest BCUT2D eigenvalue weighted by molar-refractivity contribution is 6.30. The average Bonchev–Trinajstić information content (AvgIpc) is 3.20. The third-order valence-corrected chi connectivity index (χ3v) is 6.08. The molecule has 2 heterocycles. The molecular weight excluding hydrogens is 412 g/mol. The molecule has 1 aromatic carbocycles. The van der Waals surface area contributed by atoms with Gasteiger partial charge in [0.1, 0.15) is 12.1 Å². The highest BCUT2D eigenvalue weighted by Gasteiger charge is 2.56. The molecule has 0 radical (unpaired) electrons. The van der Waals surface area contributed by atoms with Gasteiger partial charge in [0.25, 0.3) is 5.91 Å². The van der Waals surface area contributed by atoms with Crippen LogP contribution in [0.3, 0.4) is 0 Å². The third-order valence-electron chi connectivity index (χ3n) is 5.83. The van der Waals surface area contributed by atoms with Crippen LogP contribution < -0.4 is 0 Å². The van der Waals surface area contributed by atoms with E-state index in [1.165, 1.54) is 0 Å². The van der Waals surface area contributed by atoms with Crippen molar-refractivity contribution < 1.29 is 9.59 Å². The number of aliphatic imine (C=N–C) groups is 1. The van der Waals surface area contributed by atoms with Gasteiger partial charge in [-0.25, -0.2) is 0 Å². The van der Waals surface area contributed by atoms with Crippen LogP contribution in [0.25, 0.3) is 0 Å². The van der Waals surface area contributed by atoms with Crippen LogP contribution in [0.4, 0.5) is 0 Å². The summed E-state index contributed by atoms with van der Waals surface area (Å²) < 4.78 is 0. The Balaban J connectivity index is 0.00000166. The quantitative estimate of drug-likeness (QED) is 0.642. The Bertz CT molecular complexity index is 834. The van der Waals surface area contributed by atoms with E-state index < -0.39 is 5.54 Å². The molecule has 0 saturated carbocycles. The molecule has 170 valence electrons. The summed E-state index contributed by atoms with van der Waals surface area (Å²) >= 11 is 6.01. The van der Waals surface area contributed by atoms with Crippen LogP contribution in [-0.2, 0) is 16.1 Å². The zero-order valence-corrected chi connectivity index (χ0v) is 20.3. The summed E-state index contributed by atoms with van der Waals surface area (Å²) in [7, 11) is 1.73. The standard InChI is InChI=1S/C22H29ClN4O2.C2H6/c1-5-19(12-24-4)25-11-10-22(15-25)21(29)26(16(2)3)14-20(28)27(22)13-17-6-8-18(23)9-7-17;1-2/h5-9,12,16H,10-11,13-15H2,1-4H3;1-2H3/b19-5+,24-12?;/t22-;/m0./s1. The molecular formula is C24H35ClN4O2. The van der Waals surface area contributed by atoms with Gasteiger partial charge in [-0.2, -0.15) is 0 Å². The predicted octanol–water partition coefficient (Wildman–Crippen LogP) is 3.99. The fourth-order valence-electron chi connectivity index (χ4n) is 4.23. The Morgan fingerprint density at radius 3 is 2.42 bits per heavy atom. The molecule has 2 aliphatic heterocycles. The maximum Gasteiger partial charge on any atom is 0.251 e. The smallest absolute Gasteiger partial charge is 0.251 e. The second-order valence-corrected chi connectivity index (χ2v) is 8.37. The van der Waals surface area contributed by atoms with Gasteiger partial charge in [-0.1, -0.05) is 43.7 Å². The van der Waals surface area contributed by atoms with Crippen LogP contribution in [0.2, 0.25) is 5.02 Å². The minimum atomic E-state index is -0.866. The molecule has 0 aromatic heterocycles. The highest BCUT2D eigenvalue weighted by atomic mass is 35.5. The highest BCUT2D eigenvalue weighted by Crippen LogP contribution is 2.36. The number of hydrogen-bond donors (Lipinski definition) is 0. The Morgan fingerprint density at radius 1 is 1.23 bits per heavy atom. The molecule has 2 amide bonds. The number of likely N-dealkylation sites (tertiary alicyclic amines) is 1. The summed E-state index contributed by atoms with van der Waals surface area (Å²) in [4.78, 5) is 36.6. The number of rotatable bonds is 5. The zero-order chi connectivity index (χ0) is 23.2. The van der Waals surface area contributed by atoms with Gasteiger partial charge in [-0.3, -0.25) is 14.6 Å². The monoisotopic (exact) mass is 446 g/mol. The van der Waals surface area contributed by atoms with Crippen LogP contribution in [0.1, 0.15) is 46.6 Å². The van der Waals surface area contributed by atoms with Crippen molar-refractivity contribution in [1.82, 2.24) is 14.7 Å². The maximum atomic E-state index is 13.6. The number of piperazine rings is 1. The summed E-state index contributed by atoms with van der Waals surface area (Å²) in [6.45, 7) is 11.6. The van der Waals surface area contributed by atoms with E-state index in [4.69, 9.17) is 11.6 Å². The number of benzene rings is 1. The SMILES string of the molecule is C/C=C(\C=NC)N1CC[C@]2(C1)C(=O)N(C(C)C)CC(=O)N2Cc1ccc(Cl)cc1.CC. The minimum Gasteiger partial charge on any atom is -0.368 e. The first-order valence-electron chi connectivity index (χ1n) is 11.0. The van der Waals surface area contributed by atoms with Crippen LogP contribution in [0, 0.1) is 0 Å². The van der Waals surface area contributed by atoms with Crippen molar-refractivity contribution in [2.75, 3.05) is 26.7 Å². The van der Waals surface area contributed by atoms with Gasteiger partial charge in [-0.05, 0) is 44.9 Å².